The summed E-state index contributed by atoms with van der Waals surface area (Å²) in [5.74, 6) is 0.262. The molecule has 0 radical (unpaired) electrons. The van der Waals surface area contributed by atoms with Gasteiger partial charge in [0.2, 0.25) is 0 Å². The zero-order chi connectivity index (χ0) is 35.2. The maximum Gasteiger partial charge on any atom is 0.337 e. The van der Waals surface area contributed by atoms with Crippen molar-refractivity contribution in [2.75, 3.05) is 63.7 Å². The first kappa shape index (κ1) is 37.1. The Kier molecular flexibility index (Phi) is 12.1. The van der Waals surface area contributed by atoms with E-state index in [9.17, 15) is 14.3 Å². The quantitative estimate of drug-likeness (QED) is 0.188. The highest BCUT2D eigenvalue weighted by Crippen LogP contribution is 2.47. The van der Waals surface area contributed by atoms with E-state index < -0.39 is 17.7 Å². The minimum atomic E-state index is -1.19. The highest BCUT2D eigenvalue weighted by molar-refractivity contribution is 5.93. The van der Waals surface area contributed by atoms with Gasteiger partial charge in [0.15, 0.2) is 6.10 Å². The van der Waals surface area contributed by atoms with Crippen LogP contribution in [-0.4, -0.2) is 80.5 Å². The van der Waals surface area contributed by atoms with Gasteiger partial charge in [0, 0.05) is 49.9 Å². The molecule has 1 aliphatic rings. The van der Waals surface area contributed by atoms with Gasteiger partial charge in [-0.1, -0.05) is 38.1 Å². The average Bonchev–Trinajstić information content (AvgIpc) is 3.00. The van der Waals surface area contributed by atoms with E-state index in [0.29, 0.717) is 24.3 Å². The number of nitrogens with zero attached hydrogens (tertiary/aromatic N) is 4. The third kappa shape index (κ3) is 9.92. The lowest BCUT2D eigenvalue weighted by Crippen LogP contribution is -2.39. The van der Waals surface area contributed by atoms with Crippen molar-refractivity contribution in [2.45, 2.75) is 78.9 Å². The van der Waals surface area contributed by atoms with Crippen LogP contribution in [0.25, 0.3) is 11.1 Å². The first-order valence-corrected chi connectivity index (χ1v) is 17.1. The predicted molar refractivity (Wildman–Crippen MR) is 193 cm³/mol. The molecule has 0 bridgehead atoms. The Morgan fingerprint density at radius 2 is 1.65 bits per heavy atom. The first-order valence-electron chi connectivity index (χ1n) is 17.1. The Morgan fingerprint density at radius 3 is 2.21 bits per heavy atom. The Morgan fingerprint density at radius 1 is 1.02 bits per heavy atom. The van der Waals surface area contributed by atoms with Gasteiger partial charge in [-0.15, -0.1) is 0 Å². The summed E-state index contributed by atoms with van der Waals surface area (Å²) in [5.41, 5.74) is 4.51. The molecule has 1 atom stereocenters. The number of piperidine rings is 1. The van der Waals surface area contributed by atoms with Gasteiger partial charge < -0.3 is 29.3 Å². The smallest absolute Gasteiger partial charge is 0.337 e. The van der Waals surface area contributed by atoms with Gasteiger partial charge in [-0.2, -0.15) is 0 Å². The predicted octanol–water partition coefficient (Wildman–Crippen LogP) is 7.77. The number of aryl methyl sites for hydroxylation is 1. The summed E-state index contributed by atoms with van der Waals surface area (Å²) in [7, 11) is 6.21. The number of rotatable bonds is 14. The summed E-state index contributed by atoms with van der Waals surface area (Å²) < 4.78 is 25.7. The maximum absolute atomic E-state index is 13.3. The van der Waals surface area contributed by atoms with Crippen LogP contribution in [0.4, 0.5) is 15.9 Å². The Balaban J connectivity index is 1.83. The van der Waals surface area contributed by atoms with Crippen molar-refractivity contribution >= 4 is 17.5 Å². The number of hydrogen-bond donors (Lipinski definition) is 1. The van der Waals surface area contributed by atoms with Crippen molar-refractivity contribution in [1.29, 1.82) is 0 Å². The molecule has 8 nitrogen and oxygen atoms in total. The fourth-order valence-corrected chi connectivity index (χ4v) is 6.18. The highest BCUT2D eigenvalue weighted by Gasteiger charge is 2.37. The van der Waals surface area contributed by atoms with Crippen molar-refractivity contribution in [3.63, 3.8) is 0 Å². The lowest BCUT2D eigenvalue weighted by atomic mass is 9.82. The third-order valence-corrected chi connectivity index (χ3v) is 8.95. The second-order valence-electron chi connectivity index (χ2n) is 15.1. The molecule has 262 valence electrons. The van der Waals surface area contributed by atoms with Crippen LogP contribution in [0, 0.1) is 18.2 Å². The molecule has 0 amide bonds. The Hall–Kier alpha value is -3.69. The van der Waals surface area contributed by atoms with Crippen LogP contribution in [0.1, 0.15) is 76.8 Å². The molecule has 1 fully saturated rings. The van der Waals surface area contributed by atoms with Gasteiger partial charge in [-0.25, -0.2) is 14.2 Å². The van der Waals surface area contributed by atoms with E-state index in [0.717, 1.165) is 79.4 Å². The number of aromatic nitrogens is 1. The molecular weight excluding hydrogens is 607 g/mol. The van der Waals surface area contributed by atoms with E-state index in [1.807, 2.05) is 52.0 Å². The van der Waals surface area contributed by atoms with Crippen LogP contribution in [0.15, 0.2) is 48.5 Å². The summed E-state index contributed by atoms with van der Waals surface area (Å²) in [6.07, 6.45) is 2.39. The number of carbonyl (C=O) groups is 1. The minimum absolute atomic E-state index is 0.200. The number of ether oxygens (including phenoxy) is 2. The molecule has 4 rings (SSSR count). The van der Waals surface area contributed by atoms with Crippen LogP contribution < -0.4 is 14.5 Å². The topological polar surface area (TPSA) is 78.4 Å². The molecule has 0 aliphatic carbocycles. The summed E-state index contributed by atoms with van der Waals surface area (Å²) in [6.45, 7) is 15.9. The van der Waals surface area contributed by atoms with E-state index >= 15 is 0 Å². The third-order valence-electron chi connectivity index (χ3n) is 8.95. The lowest BCUT2D eigenvalue weighted by molar-refractivity contribution is -0.160. The maximum atomic E-state index is 13.3. The van der Waals surface area contributed by atoms with Crippen molar-refractivity contribution in [3.05, 3.63) is 71.2 Å². The van der Waals surface area contributed by atoms with Gasteiger partial charge in [0.05, 0.1) is 17.9 Å². The molecule has 1 N–H and O–H groups in total. The van der Waals surface area contributed by atoms with E-state index in [1.54, 1.807) is 12.1 Å². The van der Waals surface area contributed by atoms with Crippen molar-refractivity contribution in [2.24, 2.45) is 5.41 Å². The molecule has 0 spiro atoms. The monoisotopic (exact) mass is 662 g/mol. The molecule has 48 heavy (non-hydrogen) atoms. The van der Waals surface area contributed by atoms with Gasteiger partial charge in [0.25, 0.3) is 0 Å². The molecule has 1 aliphatic heterocycles. The van der Waals surface area contributed by atoms with E-state index in [-0.39, 0.29) is 11.2 Å². The van der Waals surface area contributed by atoms with E-state index in [4.69, 9.17) is 14.5 Å². The van der Waals surface area contributed by atoms with Crippen LogP contribution in [0.2, 0.25) is 0 Å². The zero-order valence-electron chi connectivity index (χ0n) is 30.4. The molecule has 0 unspecified atom stereocenters. The largest absolute Gasteiger partial charge is 0.493 e. The first-order chi connectivity index (χ1) is 22.5. The molecule has 1 saturated heterocycles. The van der Waals surface area contributed by atoms with E-state index in [2.05, 4.69) is 49.7 Å². The molecule has 1 aromatic heterocycles. The second-order valence-corrected chi connectivity index (χ2v) is 15.1. The number of carboxylic acid groups (broad SMARTS) is 1. The van der Waals surface area contributed by atoms with Gasteiger partial charge in [-0.05, 0) is 108 Å². The lowest BCUT2D eigenvalue weighted by Gasteiger charge is -2.41. The number of carboxylic acids is 1. The summed E-state index contributed by atoms with van der Waals surface area (Å²) in [4.78, 5) is 24.9. The van der Waals surface area contributed by atoms with Crippen LogP contribution >= 0.6 is 0 Å². The number of anilines is 2. The summed E-state index contributed by atoms with van der Waals surface area (Å²) in [6, 6.07) is 14.5. The molecule has 3 aromatic rings. The number of halogens is 1. The highest BCUT2D eigenvalue weighted by atomic mass is 19.1. The van der Waals surface area contributed by atoms with Gasteiger partial charge in [-0.3, -0.25) is 0 Å². The normalized spacial score (nSPS) is 15.4. The summed E-state index contributed by atoms with van der Waals surface area (Å²) >= 11 is 0. The van der Waals surface area contributed by atoms with E-state index in [1.165, 1.54) is 12.1 Å². The van der Waals surface area contributed by atoms with Crippen LogP contribution in [-0.2, 0) is 16.0 Å². The fraction of sp³-hybridized carbons (Fsp3) is 0.538. The second kappa shape index (κ2) is 15.7. The van der Waals surface area contributed by atoms with Crippen molar-refractivity contribution < 1.29 is 23.8 Å². The van der Waals surface area contributed by atoms with Crippen molar-refractivity contribution in [3.8, 4) is 16.9 Å². The molecule has 2 aromatic carbocycles. The fourth-order valence-electron chi connectivity index (χ4n) is 6.18. The number of hydrogen-bond acceptors (Lipinski definition) is 7. The molecule has 9 heteroatoms. The zero-order valence-corrected chi connectivity index (χ0v) is 30.4. The SMILES string of the molecule is Cc1nc(N(C)CCCN(C)C)c(-c2ccc(OCCc3ccc(F)cc3)cc2)c(N2CCC(C)(C)CC2)c1[C@H](OC(C)(C)C)C(=O)O. The minimum Gasteiger partial charge on any atom is -0.493 e. The Labute approximate surface area is 286 Å². The van der Waals surface area contributed by atoms with Gasteiger partial charge >= 0.3 is 5.97 Å². The van der Waals surface area contributed by atoms with Crippen LogP contribution in [0.3, 0.4) is 0 Å². The van der Waals surface area contributed by atoms with Crippen LogP contribution in [0.5, 0.6) is 5.75 Å². The number of benzene rings is 2. The molecular formula is C39H55FN4O4. The standard InChI is InChI=1S/C39H55FN4O4/c1-27-32(35(37(45)46)48-38(2,3)4)34(44-24-20-39(5,6)21-25-44)33(36(41-27)43(9)23-10-22-42(7)8)29-13-17-31(18-14-29)47-26-19-28-11-15-30(40)16-12-28/h11-18,35H,10,19-26H2,1-9H3,(H,45,46)/t35-/m0/s1. The number of pyridine rings is 1. The average molecular weight is 663 g/mol. The molecule has 2 heterocycles. The Bertz CT molecular complexity index is 1510. The van der Waals surface area contributed by atoms with Crippen molar-refractivity contribution in [1.82, 2.24) is 9.88 Å². The summed E-state index contributed by atoms with van der Waals surface area (Å²) in [5, 5.41) is 10.6. The number of aliphatic carboxylic acids is 1. The van der Waals surface area contributed by atoms with Gasteiger partial charge in [0.1, 0.15) is 17.4 Å². The molecule has 0 saturated carbocycles.